The predicted octanol–water partition coefficient (Wildman–Crippen LogP) is 8.25. The number of aliphatic hydroxyl groups is 1. The molecule has 0 aromatic heterocycles. The van der Waals surface area contributed by atoms with Crippen LogP contribution in [-0.2, 0) is 34.5 Å². The van der Waals surface area contributed by atoms with E-state index in [0.29, 0.717) is 24.1 Å². The zero-order valence-electron chi connectivity index (χ0n) is 33.0. The number of rotatable bonds is 14. The van der Waals surface area contributed by atoms with Crippen LogP contribution in [0.15, 0.2) is 41.5 Å². The fraction of sp³-hybridized carbons (Fsp3) is 0.725. The lowest BCUT2D eigenvalue weighted by Crippen LogP contribution is -2.77. The molecule has 2 bridgehead atoms. The van der Waals surface area contributed by atoms with Crippen molar-refractivity contribution in [2.24, 2.45) is 16.7 Å². The number of benzene rings is 1. The second kappa shape index (κ2) is 15.1. The summed E-state index contributed by atoms with van der Waals surface area (Å²) >= 11 is 3.94. The van der Waals surface area contributed by atoms with Crippen LogP contribution in [0.5, 0.6) is 0 Å². The molecule has 4 aliphatic rings. The number of hydrogen-bond acceptors (Lipinski definition) is 9. The highest BCUT2D eigenvalue weighted by atomic mass is 79.9. The number of Topliss-reactive ketones (excluding diaryl/α,β-unsaturated/α-hetero) is 2. The van der Waals surface area contributed by atoms with Gasteiger partial charge in [-0.05, 0) is 73.2 Å². The van der Waals surface area contributed by atoms with Crippen molar-refractivity contribution >= 4 is 50.3 Å². The number of allylic oxidation sites excluding steroid dienone is 1. The molecule has 1 aliphatic heterocycles. The summed E-state index contributed by atoms with van der Waals surface area (Å²) in [6.45, 7) is 21.0. The van der Waals surface area contributed by atoms with Gasteiger partial charge in [-0.2, -0.15) is 0 Å². The van der Waals surface area contributed by atoms with Gasteiger partial charge in [0.2, 0.25) is 0 Å². The Hall–Kier alpha value is -1.68. The number of carbonyl (C=O) groups is 3. The van der Waals surface area contributed by atoms with Gasteiger partial charge >= 0.3 is 6.16 Å². The van der Waals surface area contributed by atoms with E-state index < -0.39 is 73.9 Å². The van der Waals surface area contributed by atoms with Gasteiger partial charge in [-0.15, -0.1) is 0 Å². The molecule has 5 rings (SSSR count). The Labute approximate surface area is 321 Å². The molecule has 9 nitrogen and oxygen atoms in total. The Morgan fingerprint density at radius 1 is 0.904 bits per heavy atom. The summed E-state index contributed by atoms with van der Waals surface area (Å²) in [7, 11) is -4.87. The van der Waals surface area contributed by atoms with Crippen LogP contribution in [-0.4, -0.2) is 80.3 Å². The van der Waals surface area contributed by atoms with Crippen LogP contribution >= 0.6 is 15.9 Å². The molecule has 1 saturated heterocycles. The van der Waals surface area contributed by atoms with Crippen LogP contribution in [0.3, 0.4) is 0 Å². The molecule has 0 amide bonds. The maximum absolute atomic E-state index is 16.2. The van der Waals surface area contributed by atoms with Crippen molar-refractivity contribution in [3.05, 3.63) is 47.0 Å². The lowest BCUT2D eigenvalue weighted by atomic mass is 9.46. The first-order valence-corrected chi connectivity index (χ1v) is 25.6. The molecule has 1 heterocycles. The van der Waals surface area contributed by atoms with Gasteiger partial charge in [0.15, 0.2) is 39.9 Å². The molecule has 0 unspecified atom stereocenters. The highest BCUT2D eigenvalue weighted by Gasteiger charge is 2.78. The Bertz CT molecular complexity index is 1530. The highest BCUT2D eigenvalue weighted by molar-refractivity contribution is 9.09. The van der Waals surface area contributed by atoms with E-state index in [2.05, 4.69) is 62.8 Å². The van der Waals surface area contributed by atoms with E-state index in [1.165, 1.54) is 0 Å². The Morgan fingerprint density at radius 2 is 1.46 bits per heavy atom. The van der Waals surface area contributed by atoms with E-state index >= 15 is 4.79 Å². The van der Waals surface area contributed by atoms with Crippen LogP contribution in [0, 0.1) is 16.7 Å². The lowest BCUT2D eigenvalue weighted by molar-refractivity contribution is -0.217. The van der Waals surface area contributed by atoms with Gasteiger partial charge in [-0.25, -0.2) is 4.79 Å². The molecule has 12 heteroatoms. The second-order valence-corrected chi connectivity index (χ2v) is 27.1. The van der Waals surface area contributed by atoms with E-state index in [1.807, 2.05) is 51.1 Å². The van der Waals surface area contributed by atoms with Gasteiger partial charge in [0.1, 0.15) is 6.10 Å². The quantitative estimate of drug-likeness (QED) is 0.109. The van der Waals surface area contributed by atoms with Crippen molar-refractivity contribution in [3.8, 4) is 0 Å². The molecule has 0 radical (unpaired) electrons. The predicted molar refractivity (Wildman–Crippen MR) is 211 cm³/mol. The molecule has 3 fully saturated rings. The maximum Gasteiger partial charge on any atom is 0.509 e. The summed E-state index contributed by atoms with van der Waals surface area (Å²) in [5.41, 5.74) is -3.52. The monoisotopic (exact) mass is 819 g/mol. The summed E-state index contributed by atoms with van der Waals surface area (Å²) in [6, 6.07) is 14.9. The van der Waals surface area contributed by atoms with Crippen LogP contribution < -0.4 is 5.32 Å². The zero-order chi connectivity index (χ0) is 38.5. The minimum atomic E-state index is -2.51. The number of nitrogens with one attached hydrogen (secondary N) is 1. The van der Waals surface area contributed by atoms with Gasteiger partial charge in [0.05, 0.1) is 23.5 Å². The summed E-state index contributed by atoms with van der Waals surface area (Å²) in [5.74, 6) is -1.45. The summed E-state index contributed by atoms with van der Waals surface area (Å²) in [5, 5.41) is 16.9. The summed E-state index contributed by atoms with van der Waals surface area (Å²) in [6.07, 6.45) is -3.52. The van der Waals surface area contributed by atoms with Crippen molar-refractivity contribution in [3.63, 3.8) is 0 Å². The lowest BCUT2D eigenvalue weighted by Gasteiger charge is -2.63. The van der Waals surface area contributed by atoms with E-state index in [4.69, 9.17) is 18.3 Å². The molecule has 1 aromatic carbocycles. The molecule has 52 heavy (non-hydrogen) atoms. The van der Waals surface area contributed by atoms with Gasteiger partial charge in [0.25, 0.3) is 0 Å². The average Bonchev–Trinajstić information content (AvgIpc) is 3.46. The molecule has 1 aromatic rings. The van der Waals surface area contributed by atoms with Crippen LogP contribution in [0.4, 0.5) is 4.79 Å². The van der Waals surface area contributed by atoms with Crippen molar-refractivity contribution < 1.29 is 37.8 Å². The van der Waals surface area contributed by atoms with Crippen LogP contribution in [0.2, 0.25) is 36.3 Å². The van der Waals surface area contributed by atoms with E-state index in [9.17, 15) is 14.7 Å². The van der Waals surface area contributed by atoms with Gasteiger partial charge in [-0.1, -0.05) is 102 Å². The first-order valence-electron chi connectivity index (χ1n) is 19.6. The average molecular weight is 821 g/mol. The minimum absolute atomic E-state index is 0.0826. The third-order valence-electron chi connectivity index (χ3n) is 14.3. The first kappa shape index (κ1) is 41.5. The number of hydrogen-bond donors (Lipinski definition) is 2. The number of carbonyl (C=O) groups excluding carboxylic acids is 3. The molecule has 2 N–H and O–H groups in total. The standard InChI is InChI=1S/C40H62BrNO8Si2/c1-11-51(12-2,13-3)49-30-22-29(41)39(46,25-42-24-27-20-18-17-19-21-27)33-35-40(48-36(45)47-35)23-28(43)26(7)31(37(40,8)9)32(34(44)38(30,33)10)50-52(14-4,15-5)16-6/h17-21,29-30,32-33,35,42,46H,11-16,22-25H2,1-10H3/t29-,30-,32+,33-,35-,38+,39-,40+/m0/s1. The van der Waals surface area contributed by atoms with Gasteiger partial charge in [-0.3, -0.25) is 9.59 Å². The second-order valence-electron chi connectivity index (χ2n) is 16.5. The molecular formula is C40H62BrNO8Si2. The number of ether oxygens (including phenoxy) is 2. The Balaban J connectivity index is 1.82. The van der Waals surface area contributed by atoms with Crippen molar-refractivity contribution in [1.82, 2.24) is 5.32 Å². The fourth-order valence-corrected chi connectivity index (χ4v) is 16.7. The third-order valence-corrected chi connectivity index (χ3v) is 24.7. The highest BCUT2D eigenvalue weighted by Crippen LogP contribution is 2.65. The Kier molecular flexibility index (Phi) is 12.1. The summed E-state index contributed by atoms with van der Waals surface area (Å²) in [4.78, 5) is 43.5. The van der Waals surface area contributed by atoms with Crippen LogP contribution in [0.25, 0.3) is 0 Å². The molecule has 290 valence electrons. The molecule has 8 atom stereocenters. The topological polar surface area (TPSA) is 120 Å². The number of alkyl halides is 1. The van der Waals surface area contributed by atoms with E-state index in [-0.39, 0.29) is 24.5 Å². The van der Waals surface area contributed by atoms with Crippen molar-refractivity contribution in [1.29, 1.82) is 0 Å². The molecule has 2 saturated carbocycles. The first-order chi connectivity index (χ1) is 24.4. The largest absolute Gasteiger partial charge is 0.509 e. The molecule has 3 aliphatic carbocycles. The maximum atomic E-state index is 16.2. The molecule has 1 spiro atoms. The normalized spacial score (nSPS) is 34.6. The zero-order valence-corrected chi connectivity index (χ0v) is 36.6. The van der Waals surface area contributed by atoms with E-state index in [0.717, 1.165) is 41.8 Å². The Morgan fingerprint density at radius 3 is 2.02 bits per heavy atom. The summed E-state index contributed by atoms with van der Waals surface area (Å²) < 4.78 is 27.3. The minimum Gasteiger partial charge on any atom is -0.426 e. The smallest absolute Gasteiger partial charge is 0.426 e. The van der Waals surface area contributed by atoms with Gasteiger partial charge in [0, 0.05) is 29.2 Å². The number of halogens is 1. The fourth-order valence-electron chi connectivity index (χ4n) is 10.3. The van der Waals surface area contributed by atoms with Gasteiger partial charge < -0.3 is 28.7 Å². The van der Waals surface area contributed by atoms with Crippen molar-refractivity contribution in [2.75, 3.05) is 6.54 Å². The SMILES string of the molecule is CC[Si](CC)(CC)O[C@H]1C(=O)[C@]2(C)[C@@H](O[Si](CC)(CC)CC)C[C@H](Br)[C@@](O)(CNCc3ccccc3)[C@H]2[C@@H]2OC(=O)O[C@]23CC(=O)C(C)=C1C3(C)C. The third kappa shape index (κ3) is 6.37. The number of ketones is 2. The van der Waals surface area contributed by atoms with Crippen LogP contribution in [0.1, 0.15) is 87.6 Å². The molecular weight excluding hydrogens is 759 g/mol. The van der Waals surface area contributed by atoms with E-state index in [1.54, 1.807) is 6.92 Å². The number of fused-ring (bicyclic) bond motifs is 3. The van der Waals surface area contributed by atoms with Crippen molar-refractivity contribution in [2.45, 2.75) is 159 Å².